The van der Waals surface area contributed by atoms with E-state index in [1.165, 1.54) is 0 Å². The molecule has 0 amide bonds. The van der Waals surface area contributed by atoms with Gasteiger partial charge in [0.2, 0.25) is 5.95 Å². The molecule has 1 aromatic heterocycles. The Labute approximate surface area is 163 Å². The van der Waals surface area contributed by atoms with E-state index in [4.69, 9.17) is 4.74 Å². The van der Waals surface area contributed by atoms with Gasteiger partial charge in [0.05, 0.1) is 11.9 Å². The fourth-order valence-electron chi connectivity index (χ4n) is 2.69. The lowest BCUT2D eigenvalue weighted by molar-refractivity contribution is 0.485. The molecule has 0 saturated carbocycles. The predicted molar refractivity (Wildman–Crippen MR) is 111 cm³/mol. The second kappa shape index (κ2) is 8.18. The van der Waals surface area contributed by atoms with Gasteiger partial charge < -0.3 is 15.0 Å². The van der Waals surface area contributed by atoms with Crippen LogP contribution in [0.3, 0.4) is 0 Å². The van der Waals surface area contributed by atoms with Crippen molar-refractivity contribution in [3.05, 3.63) is 91.1 Å². The minimum Gasteiger partial charge on any atom is -0.455 e. The highest BCUT2D eigenvalue weighted by Crippen LogP contribution is 2.31. The summed E-state index contributed by atoms with van der Waals surface area (Å²) in [5, 5.41) is 11.4. The fourth-order valence-corrected chi connectivity index (χ4v) is 2.69. The summed E-state index contributed by atoms with van der Waals surface area (Å²) in [5.74, 6) is 2.52. The molecule has 0 aliphatic rings. The first-order valence-electron chi connectivity index (χ1n) is 8.87. The smallest absolute Gasteiger partial charge is 0.249 e. The lowest BCUT2D eigenvalue weighted by Gasteiger charge is -2.18. The van der Waals surface area contributed by atoms with Crippen molar-refractivity contribution in [1.82, 2.24) is 15.2 Å². The SMILES string of the molecule is CN(c1ccccc1)c1cnnc(Nc2ccccc2Oc2ccccc2)n1. The topological polar surface area (TPSA) is 63.2 Å². The monoisotopic (exact) mass is 369 g/mol. The summed E-state index contributed by atoms with van der Waals surface area (Å²) in [4.78, 5) is 6.53. The zero-order valence-corrected chi connectivity index (χ0v) is 15.4. The van der Waals surface area contributed by atoms with Gasteiger partial charge in [0.1, 0.15) is 5.75 Å². The second-order valence-electron chi connectivity index (χ2n) is 6.07. The van der Waals surface area contributed by atoms with Crippen LogP contribution in [0.15, 0.2) is 91.1 Å². The van der Waals surface area contributed by atoms with Crippen LogP contribution in [0.4, 0.5) is 23.1 Å². The zero-order chi connectivity index (χ0) is 19.2. The molecule has 6 heteroatoms. The van der Waals surface area contributed by atoms with Crippen molar-refractivity contribution < 1.29 is 4.74 Å². The van der Waals surface area contributed by atoms with Crippen molar-refractivity contribution in [3.63, 3.8) is 0 Å². The quantitative estimate of drug-likeness (QED) is 0.505. The summed E-state index contributed by atoms with van der Waals surface area (Å²) < 4.78 is 5.98. The minimum absolute atomic E-state index is 0.393. The summed E-state index contributed by atoms with van der Waals surface area (Å²) in [7, 11) is 1.94. The lowest BCUT2D eigenvalue weighted by Crippen LogP contribution is -2.13. The standard InChI is InChI=1S/C22H19N5O/c1-27(17-10-4-2-5-11-17)21-16-23-26-22(25-21)24-19-14-8-9-15-20(19)28-18-12-6-3-7-13-18/h2-16H,1H3,(H,24,25,26). The molecule has 1 N–H and O–H groups in total. The maximum absolute atomic E-state index is 5.98. The highest BCUT2D eigenvalue weighted by Gasteiger charge is 2.10. The molecule has 0 bridgehead atoms. The van der Waals surface area contributed by atoms with Gasteiger partial charge >= 0.3 is 0 Å². The Morgan fingerprint density at radius 2 is 1.50 bits per heavy atom. The van der Waals surface area contributed by atoms with Gasteiger partial charge in [-0.05, 0) is 36.4 Å². The van der Waals surface area contributed by atoms with Crippen LogP contribution in [0.5, 0.6) is 11.5 Å². The molecule has 0 spiro atoms. The molecule has 28 heavy (non-hydrogen) atoms. The van der Waals surface area contributed by atoms with E-state index >= 15 is 0 Å². The third kappa shape index (κ3) is 4.07. The van der Waals surface area contributed by atoms with Gasteiger partial charge in [-0.2, -0.15) is 10.1 Å². The maximum atomic E-state index is 5.98. The van der Waals surface area contributed by atoms with E-state index in [0.717, 1.165) is 17.1 Å². The first kappa shape index (κ1) is 17.5. The van der Waals surface area contributed by atoms with Crippen LogP contribution in [-0.2, 0) is 0 Å². The van der Waals surface area contributed by atoms with E-state index in [-0.39, 0.29) is 0 Å². The second-order valence-corrected chi connectivity index (χ2v) is 6.07. The van der Waals surface area contributed by atoms with Crippen molar-refractivity contribution in [2.24, 2.45) is 0 Å². The molecule has 1 heterocycles. The normalized spacial score (nSPS) is 10.3. The molecule has 0 radical (unpaired) electrons. The number of para-hydroxylation sites is 4. The molecular formula is C22H19N5O. The first-order chi connectivity index (χ1) is 13.8. The Hall–Kier alpha value is -3.93. The van der Waals surface area contributed by atoms with Crippen molar-refractivity contribution in [2.45, 2.75) is 0 Å². The fraction of sp³-hybridized carbons (Fsp3) is 0.0455. The Morgan fingerprint density at radius 3 is 2.29 bits per heavy atom. The largest absolute Gasteiger partial charge is 0.455 e. The van der Waals surface area contributed by atoms with Gasteiger partial charge in [0.25, 0.3) is 0 Å². The highest BCUT2D eigenvalue weighted by molar-refractivity contribution is 5.65. The van der Waals surface area contributed by atoms with Crippen LogP contribution >= 0.6 is 0 Å². The number of benzene rings is 3. The van der Waals surface area contributed by atoms with Gasteiger partial charge in [-0.3, -0.25) is 0 Å². The molecule has 0 aliphatic carbocycles. The lowest BCUT2D eigenvalue weighted by atomic mass is 10.3. The number of hydrogen-bond donors (Lipinski definition) is 1. The zero-order valence-electron chi connectivity index (χ0n) is 15.4. The number of nitrogens with zero attached hydrogens (tertiary/aromatic N) is 4. The van der Waals surface area contributed by atoms with E-state index in [9.17, 15) is 0 Å². The summed E-state index contributed by atoms with van der Waals surface area (Å²) in [6, 6.07) is 27.2. The van der Waals surface area contributed by atoms with Crippen LogP contribution in [0.1, 0.15) is 0 Å². The van der Waals surface area contributed by atoms with Gasteiger partial charge in [0.15, 0.2) is 11.6 Å². The van der Waals surface area contributed by atoms with E-state index in [1.54, 1.807) is 6.20 Å². The number of hydrogen-bond acceptors (Lipinski definition) is 6. The van der Waals surface area contributed by atoms with E-state index in [1.807, 2.05) is 96.9 Å². The molecule has 4 aromatic rings. The van der Waals surface area contributed by atoms with E-state index in [2.05, 4.69) is 20.5 Å². The van der Waals surface area contributed by atoms with Crippen molar-refractivity contribution in [1.29, 1.82) is 0 Å². The van der Waals surface area contributed by atoms with Crippen LogP contribution in [0, 0.1) is 0 Å². The molecule has 0 saturated heterocycles. The molecule has 0 unspecified atom stereocenters. The molecule has 6 nitrogen and oxygen atoms in total. The summed E-state index contributed by atoms with van der Waals surface area (Å²) in [6.07, 6.45) is 1.63. The number of aromatic nitrogens is 3. The van der Waals surface area contributed by atoms with Gasteiger partial charge in [-0.25, -0.2) is 0 Å². The number of ether oxygens (including phenoxy) is 1. The molecule has 3 aromatic carbocycles. The van der Waals surface area contributed by atoms with Crippen LogP contribution in [0.25, 0.3) is 0 Å². The van der Waals surface area contributed by atoms with Crippen LogP contribution < -0.4 is 15.0 Å². The summed E-state index contributed by atoms with van der Waals surface area (Å²) in [6.45, 7) is 0. The Balaban J connectivity index is 1.57. The molecule has 0 aliphatic heterocycles. The van der Waals surface area contributed by atoms with E-state index < -0.39 is 0 Å². The average Bonchev–Trinajstić information content (AvgIpc) is 2.76. The molecular weight excluding hydrogens is 350 g/mol. The third-order valence-electron chi connectivity index (χ3n) is 4.14. The summed E-state index contributed by atoms with van der Waals surface area (Å²) >= 11 is 0. The van der Waals surface area contributed by atoms with Crippen molar-refractivity contribution in [3.8, 4) is 11.5 Å². The predicted octanol–water partition coefficient (Wildman–Crippen LogP) is 5.18. The number of rotatable bonds is 6. The highest BCUT2D eigenvalue weighted by atomic mass is 16.5. The van der Waals surface area contributed by atoms with Gasteiger partial charge in [-0.1, -0.05) is 48.5 Å². The van der Waals surface area contributed by atoms with Gasteiger partial charge in [-0.15, -0.1) is 5.10 Å². The molecule has 0 fully saturated rings. The summed E-state index contributed by atoms with van der Waals surface area (Å²) in [5.41, 5.74) is 1.77. The Morgan fingerprint density at radius 1 is 0.821 bits per heavy atom. The molecule has 0 atom stereocenters. The third-order valence-corrected chi connectivity index (χ3v) is 4.14. The number of anilines is 4. The number of nitrogens with one attached hydrogen (secondary N) is 1. The maximum Gasteiger partial charge on any atom is 0.249 e. The first-order valence-corrected chi connectivity index (χ1v) is 8.87. The van der Waals surface area contributed by atoms with Crippen molar-refractivity contribution in [2.75, 3.05) is 17.3 Å². The van der Waals surface area contributed by atoms with Crippen LogP contribution in [-0.4, -0.2) is 22.2 Å². The average molecular weight is 369 g/mol. The Bertz CT molecular complexity index is 1040. The molecule has 4 rings (SSSR count). The minimum atomic E-state index is 0.393. The van der Waals surface area contributed by atoms with E-state index in [0.29, 0.717) is 17.5 Å². The van der Waals surface area contributed by atoms with Gasteiger partial charge in [0, 0.05) is 12.7 Å². The van der Waals surface area contributed by atoms with Crippen LogP contribution in [0.2, 0.25) is 0 Å². The van der Waals surface area contributed by atoms with Crippen molar-refractivity contribution >= 4 is 23.1 Å². The Kier molecular flexibility index (Phi) is 5.11. The molecule has 138 valence electrons.